The van der Waals surface area contributed by atoms with Gasteiger partial charge in [-0.25, -0.2) is 0 Å². The van der Waals surface area contributed by atoms with Crippen molar-refractivity contribution in [2.45, 2.75) is 45.4 Å². The molecule has 5 nitrogen and oxygen atoms in total. The number of piperidine rings is 2. The third kappa shape index (κ3) is 3.32. The molecule has 2 fully saturated rings. The fourth-order valence-corrected chi connectivity index (χ4v) is 3.62. The molecule has 0 spiro atoms. The molecule has 1 unspecified atom stereocenters. The second kappa shape index (κ2) is 6.57. The maximum Gasteiger partial charge on any atom is 0.303 e. The van der Waals surface area contributed by atoms with Gasteiger partial charge in [0, 0.05) is 19.5 Å². The summed E-state index contributed by atoms with van der Waals surface area (Å²) in [5.74, 6) is -0.367. The average molecular weight is 282 g/mol. The van der Waals surface area contributed by atoms with E-state index in [1.54, 1.807) is 0 Å². The van der Waals surface area contributed by atoms with E-state index in [1.807, 2.05) is 4.90 Å². The van der Waals surface area contributed by atoms with E-state index in [9.17, 15) is 9.59 Å². The lowest BCUT2D eigenvalue weighted by atomic mass is 9.75. The Bertz CT molecular complexity index is 364. The highest BCUT2D eigenvalue weighted by Crippen LogP contribution is 2.36. The van der Waals surface area contributed by atoms with Crippen LogP contribution in [0.5, 0.6) is 0 Å². The third-order valence-corrected chi connectivity index (χ3v) is 4.96. The molecule has 0 saturated carbocycles. The molecule has 0 aromatic rings. The van der Waals surface area contributed by atoms with Gasteiger partial charge in [-0.05, 0) is 51.1 Å². The first-order valence-corrected chi connectivity index (χ1v) is 7.79. The summed E-state index contributed by atoms with van der Waals surface area (Å²) < 4.78 is 0. The van der Waals surface area contributed by atoms with Crippen molar-refractivity contribution in [3.05, 3.63) is 0 Å². The molecule has 0 bridgehead atoms. The zero-order chi connectivity index (χ0) is 14.6. The third-order valence-electron chi connectivity index (χ3n) is 4.96. The van der Waals surface area contributed by atoms with Crippen LogP contribution in [0.3, 0.4) is 0 Å². The van der Waals surface area contributed by atoms with Gasteiger partial charge in [0.05, 0.1) is 5.41 Å². The molecule has 20 heavy (non-hydrogen) atoms. The van der Waals surface area contributed by atoms with Crippen LogP contribution in [0.2, 0.25) is 0 Å². The second-order valence-electron chi connectivity index (χ2n) is 6.24. The number of aliphatic carboxylic acids is 1. The minimum Gasteiger partial charge on any atom is -0.481 e. The van der Waals surface area contributed by atoms with Gasteiger partial charge < -0.3 is 15.3 Å². The van der Waals surface area contributed by atoms with E-state index in [-0.39, 0.29) is 23.7 Å². The Morgan fingerprint density at radius 1 is 1.35 bits per heavy atom. The zero-order valence-corrected chi connectivity index (χ0v) is 12.4. The fourth-order valence-electron chi connectivity index (χ4n) is 3.62. The highest BCUT2D eigenvalue weighted by Gasteiger charge is 2.41. The predicted octanol–water partition coefficient (Wildman–Crippen LogP) is 1.48. The minimum absolute atomic E-state index is 0.126. The number of carbonyl (C=O) groups is 2. The van der Waals surface area contributed by atoms with Crippen molar-refractivity contribution in [1.82, 2.24) is 10.2 Å². The standard InChI is InChI=1S/C15H26N2O3/c1-2-15(5-7-16-8-6-15)14(20)17-9-3-4-12(11-17)10-13(18)19/h12,16H,2-11H2,1H3,(H,18,19). The lowest BCUT2D eigenvalue weighted by Crippen LogP contribution is -2.51. The van der Waals surface area contributed by atoms with Crippen molar-refractivity contribution >= 4 is 11.9 Å². The molecule has 2 N–H and O–H groups in total. The number of carbonyl (C=O) groups excluding carboxylic acids is 1. The van der Waals surface area contributed by atoms with Gasteiger partial charge in [0.2, 0.25) is 5.91 Å². The van der Waals surface area contributed by atoms with Crippen LogP contribution >= 0.6 is 0 Å². The quantitative estimate of drug-likeness (QED) is 0.819. The van der Waals surface area contributed by atoms with Crippen LogP contribution in [0, 0.1) is 11.3 Å². The number of likely N-dealkylation sites (tertiary alicyclic amines) is 1. The van der Waals surface area contributed by atoms with Gasteiger partial charge in [-0.3, -0.25) is 9.59 Å². The number of carboxylic acid groups (broad SMARTS) is 1. The van der Waals surface area contributed by atoms with Crippen LogP contribution in [-0.2, 0) is 9.59 Å². The van der Waals surface area contributed by atoms with Crippen LogP contribution in [-0.4, -0.2) is 48.1 Å². The maximum atomic E-state index is 12.9. The van der Waals surface area contributed by atoms with Crippen molar-refractivity contribution in [3.8, 4) is 0 Å². The van der Waals surface area contributed by atoms with Gasteiger partial charge in [-0.1, -0.05) is 6.92 Å². The molecule has 5 heteroatoms. The highest BCUT2D eigenvalue weighted by atomic mass is 16.4. The van der Waals surface area contributed by atoms with Gasteiger partial charge in [0.25, 0.3) is 0 Å². The molecular formula is C15H26N2O3. The Kier molecular flexibility index (Phi) is 5.02. The van der Waals surface area contributed by atoms with E-state index in [1.165, 1.54) is 0 Å². The van der Waals surface area contributed by atoms with Crippen LogP contribution in [0.4, 0.5) is 0 Å². The predicted molar refractivity (Wildman–Crippen MR) is 76.4 cm³/mol. The van der Waals surface area contributed by atoms with Gasteiger partial charge in [-0.15, -0.1) is 0 Å². The van der Waals surface area contributed by atoms with Crippen molar-refractivity contribution in [2.75, 3.05) is 26.2 Å². The topological polar surface area (TPSA) is 69.6 Å². The highest BCUT2D eigenvalue weighted by molar-refractivity contribution is 5.83. The summed E-state index contributed by atoms with van der Waals surface area (Å²) in [5.41, 5.74) is -0.212. The van der Waals surface area contributed by atoms with Crippen LogP contribution < -0.4 is 5.32 Å². The van der Waals surface area contributed by atoms with E-state index in [2.05, 4.69) is 12.2 Å². The summed E-state index contributed by atoms with van der Waals surface area (Å²) in [5, 5.41) is 12.2. The second-order valence-corrected chi connectivity index (χ2v) is 6.24. The van der Waals surface area contributed by atoms with Gasteiger partial charge in [0.15, 0.2) is 0 Å². The van der Waals surface area contributed by atoms with Gasteiger partial charge in [0.1, 0.15) is 0 Å². The number of hydrogen-bond donors (Lipinski definition) is 2. The van der Waals surface area contributed by atoms with Gasteiger partial charge >= 0.3 is 5.97 Å². The first-order chi connectivity index (χ1) is 9.57. The summed E-state index contributed by atoms with van der Waals surface area (Å²) in [7, 11) is 0. The Labute approximate surface area is 120 Å². The summed E-state index contributed by atoms with van der Waals surface area (Å²) in [6, 6.07) is 0. The molecule has 2 heterocycles. The first-order valence-electron chi connectivity index (χ1n) is 7.79. The molecular weight excluding hydrogens is 256 g/mol. The number of amides is 1. The minimum atomic E-state index is -0.753. The van der Waals surface area contributed by atoms with E-state index in [0.717, 1.165) is 51.7 Å². The molecule has 1 amide bonds. The molecule has 2 aliphatic rings. The fraction of sp³-hybridized carbons (Fsp3) is 0.867. The Morgan fingerprint density at radius 3 is 2.65 bits per heavy atom. The molecule has 0 aliphatic carbocycles. The monoisotopic (exact) mass is 282 g/mol. The Balaban J connectivity index is 2.01. The average Bonchev–Trinajstić information content (AvgIpc) is 2.47. The lowest BCUT2D eigenvalue weighted by Gasteiger charge is -2.42. The lowest BCUT2D eigenvalue weighted by molar-refractivity contribution is -0.148. The van der Waals surface area contributed by atoms with Gasteiger partial charge in [-0.2, -0.15) is 0 Å². The largest absolute Gasteiger partial charge is 0.481 e. The summed E-state index contributed by atoms with van der Waals surface area (Å²) in [6.45, 7) is 5.34. The first kappa shape index (κ1) is 15.3. The van der Waals surface area contributed by atoms with Crippen molar-refractivity contribution in [1.29, 1.82) is 0 Å². The van der Waals surface area contributed by atoms with E-state index in [4.69, 9.17) is 5.11 Å². The number of nitrogens with zero attached hydrogens (tertiary/aromatic N) is 1. The number of nitrogens with one attached hydrogen (secondary N) is 1. The van der Waals surface area contributed by atoms with Crippen molar-refractivity contribution < 1.29 is 14.7 Å². The molecule has 1 atom stereocenters. The van der Waals surface area contributed by atoms with Crippen LogP contribution in [0.25, 0.3) is 0 Å². The molecule has 2 aliphatic heterocycles. The summed E-state index contributed by atoms with van der Waals surface area (Å²) in [4.78, 5) is 25.7. The summed E-state index contributed by atoms with van der Waals surface area (Å²) >= 11 is 0. The smallest absolute Gasteiger partial charge is 0.303 e. The van der Waals surface area contributed by atoms with E-state index >= 15 is 0 Å². The molecule has 2 saturated heterocycles. The molecule has 0 aromatic carbocycles. The number of rotatable bonds is 4. The van der Waals surface area contributed by atoms with E-state index in [0.29, 0.717) is 6.54 Å². The summed E-state index contributed by atoms with van der Waals surface area (Å²) in [6.07, 6.45) is 4.74. The molecule has 2 rings (SSSR count). The normalized spacial score (nSPS) is 26.2. The van der Waals surface area contributed by atoms with Crippen molar-refractivity contribution in [2.24, 2.45) is 11.3 Å². The molecule has 0 aromatic heterocycles. The number of hydrogen-bond acceptors (Lipinski definition) is 3. The van der Waals surface area contributed by atoms with Crippen LogP contribution in [0.15, 0.2) is 0 Å². The van der Waals surface area contributed by atoms with Crippen molar-refractivity contribution in [3.63, 3.8) is 0 Å². The Hall–Kier alpha value is -1.10. The Morgan fingerprint density at radius 2 is 2.05 bits per heavy atom. The SMILES string of the molecule is CCC1(C(=O)N2CCCC(CC(=O)O)C2)CCNCC1. The molecule has 0 radical (unpaired) electrons. The number of carboxylic acids is 1. The van der Waals surface area contributed by atoms with E-state index < -0.39 is 5.97 Å². The zero-order valence-electron chi connectivity index (χ0n) is 12.4. The maximum absolute atomic E-state index is 12.9. The van der Waals surface area contributed by atoms with Crippen LogP contribution in [0.1, 0.15) is 45.4 Å². The molecule has 114 valence electrons.